The first kappa shape index (κ1) is 45.0. The monoisotopic (exact) mass is 742 g/mol. The summed E-state index contributed by atoms with van der Waals surface area (Å²) in [7, 11) is 0.391. The Morgan fingerprint density at radius 1 is 1.04 bits per heavy atom. The van der Waals surface area contributed by atoms with Gasteiger partial charge in [-0.05, 0) is 55.1 Å². The zero-order valence-electron chi connectivity index (χ0n) is 33.1. The third-order valence-electron chi connectivity index (χ3n) is 9.75. The van der Waals surface area contributed by atoms with E-state index in [1.807, 2.05) is 57.2 Å². The Bertz CT molecular complexity index is 1390. The topological polar surface area (TPSA) is 116 Å². The summed E-state index contributed by atoms with van der Waals surface area (Å²) in [5, 5.41) is -0.103. The van der Waals surface area contributed by atoms with Crippen LogP contribution < -0.4 is 0 Å². The molecular formula is C41H62O10Si. The number of ether oxygens (including phenoxy) is 6. The molecule has 11 heteroatoms. The average Bonchev–Trinajstić information content (AvgIpc) is 3.09. The molecule has 5 atom stereocenters. The van der Waals surface area contributed by atoms with Crippen LogP contribution in [-0.4, -0.2) is 77.8 Å². The maximum absolute atomic E-state index is 13.3. The van der Waals surface area contributed by atoms with Gasteiger partial charge in [0.05, 0.1) is 32.0 Å². The number of hydrogen-bond donors (Lipinski definition) is 0. The molecule has 0 bridgehead atoms. The van der Waals surface area contributed by atoms with Gasteiger partial charge < -0.3 is 32.8 Å². The van der Waals surface area contributed by atoms with Crippen LogP contribution in [-0.2, 0) is 53.8 Å². The van der Waals surface area contributed by atoms with Gasteiger partial charge in [-0.3, -0.25) is 4.79 Å². The van der Waals surface area contributed by atoms with Crippen LogP contribution in [0.25, 0.3) is 0 Å². The summed E-state index contributed by atoms with van der Waals surface area (Å²) in [6.07, 6.45) is 11.4. The molecule has 1 aliphatic rings. The summed E-state index contributed by atoms with van der Waals surface area (Å²) in [5.74, 6) is -2.96. The van der Waals surface area contributed by atoms with Gasteiger partial charge in [0, 0.05) is 31.1 Å². The summed E-state index contributed by atoms with van der Waals surface area (Å²) in [6.45, 7) is 19.0. The van der Waals surface area contributed by atoms with E-state index in [0.717, 1.165) is 18.4 Å². The van der Waals surface area contributed by atoms with Crippen LogP contribution in [0.3, 0.4) is 0 Å². The van der Waals surface area contributed by atoms with Gasteiger partial charge in [-0.1, -0.05) is 103 Å². The Hall–Kier alpha value is -3.19. The molecule has 3 unspecified atom stereocenters. The summed E-state index contributed by atoms with van der Waals surface area (Å²) in [6, 6.07) is 9.86. The smallest absolute Gasteiger partial charge is 0.331 e. The number of hydrogen-bond acceptors (Lipinski definition) is 10. The highest BCUT2D eigenvalue weighted by Gasteiger charge is 2.59. The van der Waals surface area contributed by atoms with E-state index in [1.165, 1.54) is 32.4 Å². The van der Waals surface area contributed by atoms with Crippen LogP contribution in [0, 0.1) is 5.41 Å². The molecule has 1 heterocycles. The van der Waals surface area contributed by atoms with E-state index in [2.05, 4.69) is 40.8 Å². The van der Waals surface area contributed by atoms with Crippen molar-refractivity contribution in [1.29, 1.82) is 0 Å². The average molecular weight is 743 g/mol. The molecule has 0 aliphatic carbocycles. The molecule has 2 rings (SSSR count). The van der Waals surface area contributed by atoms with Crippen LogP contribution in [0.15, 0.2) is 78.4 Å². The minimum atomic E-state index is -2.35. The van der Waals surface area contributed by atoms with Crippen LogP contribution in [0.4, 0.5) is 0 Å². The number of unbranched alkanes of at least 4 members (excludes halogenated alkanes) is 1. The largest absolute Gasteiger partial charge is 0.466 e. The van der Waals surface area contributed by atoms with Crippen LogP contribution in [0.1, 0.15) is 79.7 Å². The first-order valence-corrected chi connectivity index (χ1v) is 21.0. The Balaban J connectivity index is 2.57. The zero-order chi connectivity index (χ0) is 39.0. The third-order valence-corrected chi connectivity index (χ3v) is 14.3. The molecular weight excluding hydrogens is 681 g/mol. The third kappa shape index (κ3) is 13.0. The Morgan fingerprint density at radius 3 is 2.33 bits per heavy atom. The molecule has 1 aromatic carbocycles. The maximum atomic E-state index is 13.3. The van der Waals surface area contributed by atoms with E-state index >= 15 is 0 Å². The molecule has 1 fully saturated rings. The molecule has 290 valence electrons. The van der Waals surface area contributed by atoms with Crippen LogP contribution in [0.5, 0.6) is 0 Å². The first-order chi connectivity index (χ1) is 24.5. The van der Waals surface area contributed by atoms with Crippen LogP contribution >= 0.6 is 0 Å². The number of benzene rings is 1. The highest BCUT2D eigenvalue weighted by molar-refractivity contribution is 6.74. The van der Waals surface area contributed by atoms with Crippen LogP contribution in [0.2, 0.25) is 18.1 Å². The summed E-state index contributed by atoms with van der Waals surface area (Å²) >= 11 is 0. The van der Waals surface area contributed by atoms with Gasteiger partial charge in [-0.2, -0.15) is 0 Å². The lowest BCUT2D eigenvalue weighted by Gasteiger charge is -2.53. The second kappa shape index (κ2) is 20.9. The van der Waals surface area contributed by atoms with Gasteiger partial charge in [0.25, 0.3) is 0 Å². The van der Waals surface area contributed by atoms with E-state index in [9.17, 15) is 14.4 Å². The Morgan fingerprint density at radius 2 is 1.73 bits per heavy atom. The minimum absolute atomic E-state index is 0.0527. The number of rotatable bonds is 20. The highest BCUT2D eigenvalue weighted by atomic mass is 28.4. The van der Waals surface area contributed by atoms with Crippen molar-refractivity contribution in [1.82, 2.24) is 0 Å². The quantitative estimate of drug-likeness (QED) is 0.0246. The minimum Gasteiger partial charge on any atom is -0.466 e. The number of allylic oxidation sites excluding steroid dienone is 4. The fourth-order valence-corrected chi connectivity index (χ4v) is 7.07. The van der Waals surface area contributed by atoms with Crippen molar-refractivity contribution in [2.45, 2.75) is 129 Å². The van der Waals surface area contributed by atoms with Crippen molar-refractivity contribution in [2.75, 3.05) is 21.0 Å². The summed E-state index contributed by atoms with van der Waals surface area (Å²) in [5.41, 5.74) is 0.413. The number of methoxy groups -OCH3 is 2. The molecule has 0 spiro atoms. The zero-order valence-corrected chi connectivity index (χ0v) is 34.1. The Kier molecular flexibility index (Phi) is 18.1. The number of aldehydes is 1. The first-order valence-electron chi connectivity index (χ1n) is 18.1. The van der Waals surface area contributed by atoms with E-state index in [1.54, 1.807) is 18.2 Å². The number of esters is 2. The van der Waals surface area contributed by atoms with Crippen molar-refractivity contribution in [2.24, 2.45) is 5.41 Å². The molecule has 1 aliphatic heterocycles. The van der Waals surface area contributed by atoms with E-state index in [4.69, 9.17) is 32.8 Å². The van der Waals surface area contributed by atoms with E-state index < -0.39 is 55.9 Å². The lowest BCUT2D eigenvalue weighted by molar-refractivity contribution is -0.338. The van der Waals surface area contributed by atoms with Crippen molar-refractivity contribution in [3.63, 3.8) is 0 Å². The summed E-state index contributed by atoms with van der Waals surface area (Å²) in [4.78, 5) is 37.7. The maximum Gasteiger partial charge on any atom is 0.331 e. The number of carbonyl (C=O) groups excluding carboxylic acids is 3. The molecule has 0 radical (unpaired) electrons. The Labute approximate surface area is 312 Å². The fourth-order valence-electron chi connectivity index (χ4n) is 5.68. The van der Waals surface area contributed by atoms with Gasteiger partial charge >= 0.3 is 11.9 Å². The molecule has 1 saturated heterocycles. The van der Waals surface area contributed by atoms with Gasteiger partial charge in [0.1, 0.15) is 13.1 Å². The van der Waals surface area contributed by atoms with Gasteiger partial charge in [0.15, 0.2) is 14.4 Å². The molecule has 10 nitrogen and oxygen atoms in total. The second-order valence-electron chi connectivity index (χ2n) is 15.1. The molecule has 0 saturated carbocycles. The van der Waals surface area contributed by atoms with Crippen molar-refractivity contribution in [3.8, 4) is 0 Å². The normalized spacial score (nSPS) is 22.2. The van der Waals surface area contributed by atoms with E-state index in [0.29, 0.717) is 24.9 Å². The second-order valence-corrected chi connectivity index (χ2v) is 19.9. The highest BCUT2D eigenvalue weighted by Crippen LogP contribution is 2.49. The lowest BCUT2D eigenvalue weighted by atomic mass is 9.74. The predicted octanol–water partition coefficient (Wildman–Crippen LogP) is 8.18. The standard InChI is InChI=1S/C41H62O10Si/c1-12-13-14-15-19-23-36(43)49-38-33(27-37(44)45-8)26-34(50-41(38,46-9)40(6,7)24-20-25-42)28-35(51-52(10,11)39(3,4)5)31(2)48-30-47-29-32-21-17-16-18-22-32/h14-25,27,31,34-35,38H,12-13,26,28-30H2,1-11H3/t31-,34?,35-,38?,41?/m1/s1. The number of carbonyl (C=O) groups is 3. The van der Waals surface area contributed by atoms with Gasteiger partial charge in [0.2, 0.25) is 5.79 Å². The SMILES string of the molecule is CCCC=CC=CC(=O)OC1C(=CC(=O)OC)CC(C[C@@H](O[Si](C)(C)C(C)(C)C)[C@@H](C)OCOCc2ccccc2)OC1(OC)C(C)(C)C=CC=O. The lowest BCUT2D eigenvalue weighted by Crippen LogP contribution is -2.63. The molecule has 0 N–H and O–H groups in total. The van der Waals surface area contributed by atoms with Gasteiger partial charge in [-0.25, -0.2) is 9.59 Å². The van der Waals surface area contributed by atoms with Crippen molar-refractivity contribution < 1.29 is 47.2 Å². The predicted molar refractivity (Wildman–Crippen MR) is 205 cm³/mol. The molecule has 1 aromatic rings. The molecule has 0 aromatic heterocycles. The fraction of sp³-hybridized carbons (Fsp3) is 0.585. The summed E-state index contributed by atoms with van der Waals surface area (Å²) < 4.78 is 43.4. The molecule has 0 amide bonds. The van der Waals surface area contributed by atoms with E-state index in [-0.39, 0.29) is 18.3 Å². The van der Waals surface area contributed by atoms with Crippen molar-refractivity contribution in [3.05, 3.63) is 84.0 Å². The molecule has 52 heavy (non-hydrogen) atoms. The van der Waals surface area contributed by atoms with Crippen molar-refractivity contribution >= 4 is 26.5 Å². The van der Waals surface area contributed by atoms with Gasteiger partial charge in [-0.15, -0.1) is 0 Å².